The first-order chi connectivity index (χ1) is 8.90. The number of fused-ring (bicyclic) bond motifs is 1. The Labute approximate surface area is 117 Å². The van der Waals surface area contributed by atoms with E-state index < -0.39 is 24.1 Å². The lowest BCUT2D eigenvalue weighted by atomic mass is 10.1. The second-order valence-electron chi connectivity index (χ2n) is 4.12. The van der Waals surface area contributed by atoms with Gasteiger partial charge in [-0.15, -0.1) is 0 Å². The van der Waals surface area contributed by atoms with E-state index in [0.29, 0.717) is 16.0 Å². The van der Waals surface area contributed by atoms with E-state index in [1.165, 1.54) is 11.9 Å². The van der Waals surface area contributed by atoms with E-state index in [1.807, 2.05) is 0 Å². The van der Waals surface area contributed by atoms with Gasteiger partial charge in [0, 0.05) is 17.7 Å². The van der Waals surface area contributed by atoms with Crippen LogP contribution in [-0.4, -0.2) is 41.3 Å². The molecule has 1 aliphatic rings. The summed E-state index contributed by atoms with van der Waals surface area (Å²) >= 11 is 3.27. The molecule has 2 heterocycles. The molecular formula is C11H12BrN3O4. The standard InChI is InChI=1S/C11H12BrN3O4/c1-5-8(14-11(17)18)10(16)15(2)9-7(19-5)3-6(12)4-13-9/h3-5,8,14H,1-2H3,(H,17,18)/t5-,8+/m1/s1. The third-order valence-corrected chi connectivity index (χ3v) is 3.21. The summed E-state index contributed by atoms with van der Waals surface area (Å²) in [6.45, 7) is 1.63. The van der Waals surface area contributed by atoms with Crippen molar-refractivity contribution in [3.05, 3.63) is 16.7 Å². The number of amides is 2. The highest BCUT2D eigenvalue weighted by molar-refractivity contribution is 9.10. The summed E-state index contributed by atoms with van der Waals surface area (Å²) in [6, 6.07) is 0.710. The second-order valence-corrected chi connectivity index (χ2v) is 5.04. The Kier molecular flexibility index (Phi) is 3.61. The lowest BCUT2D eigenvalue weighted by molar-refractivity contribution is -0.121. The van der Waals surface area contributed by atoms with Crippen LogP contribution in [-0.2, 0) is 4.79 Å². The summed E-state index contributed by atoms with van der Waals surface area (Å²) in [5, 5.41) is 10.9. The molecule has 19 heavy (non-hydrogen) atoms. The van der Waals surface area contributed by atoms with Crippen LogP contribution in [0.2, 0.25) is 0 Å². The smallest absolute Gasteiger partial charge is 0.405 e. The first kappa shape index (κ1) is 13.6. The first-order valence-electron chi connectivity index (χ1n) is 5.49. The van der Waals surface area contributed by atoms with E-state index in [2.05, 4.69) is 26.2 Å². The Hall–Kier alpha value is -1.83. The number of nitrogens with one attached hydrogen (secondary N) is 1. The van der Waals surface area contributed by atoms with Crippen LogP contribution in [0.4, 0.5) is 10.6 Å². The molecule has 0 fully saturated rings. The second kappa shape index (κ2) is 5.04. The highest BCUT2D eigenvalue weighted by atomic mass is 79.9. The van der Waals surface area contributed by atoms with E-state index >= 15 is 0 Å². The van der Waals surface area contributed by atoms with Gasteiger partial charge in [0.25, 0.3) is 5.91 Å². The first-order valence-corrected chi connectivity index (χ1v) is 6.28. The quantitative estimate of drug-likeness (QED) is 0.808. The molecule has 8 heteroatoms. The minimum absolute atomic E-state index is 0.356. The molecule has 0 saturated carbocycles. The van der Waals surface area contributed by atoms with Crippen LogP contribution in [0, 0.1) is 0 Å². The van der Waals surface area contributed by atoms with Gasteiger partial charge in [0.05, 0.1) is 0 Å². The van der Waals surface area contributed by atoms with Gasteiger partial charge in [-0.2, -0.15) is 0 Å². The third kappa shape index (κ3) is 2.62. The molecular weight excluding hydrogens is 318 g/mol. The summed E-state index contributed by atoms with van der Waals surface area (Å²) in [5.74, 6) is 0.366. The summed E-state index contributed by atoms with van der Waals surface area (Å²) in [6.07, 6.45) is -0.368. The molecule has 0 saturated heterocycles. The van der Waals surface area contributed by atoms with Crippen LogP contribution in [0.5, 0.6) is 5.75 Å². The van der Waals surface area contributed by atoms with Crippen LogP contribution < -0.4 is 15.0 Å². The van der Waals surface area contributed by atoms with Gasteiger partial charge in [0.1, 0.15) is 12.1 Å². The van der Waals surface area contributed by atoms with Crippen molar-refractivity contribution in [3.63, 3.8) is 0 Å². The number of nitrogens with zero attached hydrogens (tertiary/aromatic N) is 2. The van der Waals surface area contributed by atoms with Crippen LogP contribution >= 0.6 is 15.9 Å². The number of carbonyl (C=O) groups is 2. The lowest BCUT2D eigenvalue weighted by Gasteiger charge is -2.21. The zero-order valence-electron chi connectivity index (χ0n) is 10.3. The number of aromatic nitrogens is 1. The molecule has 2 N–H and O–H groups in total. The maximum absolute atomic E-state index is 12.2. The molecule has 0 unspecified atom stereocenters. The maximum Gasteiger partial charge on any atom is 0.405 e. The predicted octanol–water partition coefficient (Wildman–Crippen LogP) is 1.22. The number of pyridine rings is 1. The van der Waals surface area contributed by atoms with E-state index in [4.69, 9.17) is 9.84 Å². The van der Waals surface area contributed by atoms with Gasteiger partial charge < -0.3 is 15.2 Å². The van der Waals surface area contributed by atoms with Crippen molar-refractivity contribution in [1.82, 2.24) is 10.3 Å². The highest BCUT2D eigenvalue weighted by Crippen LogP contribution is 2.32. The molecule has 1 aliphatic heterocycles. The van der Waals surface area contributed by atoms with Gasteiger partial charge >= 0.3 is 6.09 Å². The average molecular weight is 330 g/mol. The van der Waals surface area contributed by atoms with Gasteiger partial charge in [-0.05, 0) is 28.9 Å². The van der Waals surface area contributed by atoms with Crippen LogP contribution in [0.15, 0.2) is 16.7 Å². The molecule has 0 radical (unpaired) electrons. The van der Waals surface area contributed by atoms with E-state index in [1.54, 1.807) is 19.2 Å². The van der Waals surface area contributed by atoms with Crippen molar-refractivity contribution in [3.8, 4) is 5.75 Å². The summed E-state index contributed by atoms with van der Waals surface area (Å²) in [7, 11) is 1.53. The minimum atomic E-state index is -1.28. The fraction of sp³-hybridized carbons (Fsp3) is 0.364. The Morgan fingerprint density at radius 3 is 2.95 bits per heavy atom. The number of rotatable bonds is 1. The number of hydrogen-bond donors (Lipinski definition) is 2. The topological polar surface area (TPSA) is 91.8 Å². The lowest BCUT2D eigenvalue weighted by Crippen LogP contribution is -2.52. The van der Waals surface area contributed by atoms with Crippen LogP contribution in [0.1, 0.15) is 6.92 Å². The molecule has 2 amide bonds. The molecule has 1 aromatic rings. The highest BCUT2D eigenvalue weighted by Gasteiger charge is 2.36. The van der Waals surface area contributed by atoms with E-state index in [9.17, 15) is 9.59 Å². The summed E-state index contributed by atoms with van der Waals surface area (Å²) < 4.78 is 6.32. The Morgan fingerprint density at radius 2 is 2.32 bits per heavy atom. The Balaban J connectivity index is 2.41. The number of hydrogen-bond acceptors (Lipinski definition) is 4. The van der Waals surface area contributed by atoms with Gasteiger partial charge in [-0.1, -0.05) is 0 Å². The fourth-order valence-corrected chi connectivity index (χ4v) is 2.16. The van der Waals surface area contributed by atoms with Crippen LogP contribution in [0.25, 0.3) is 0 Å². The molecule has 0 aliphatic carbocycles. The maximum atomic E-state index is 12.2. The number of carbonyl (C=O) groups excluding carboxylic acids is 1. The number of anilines is 1. The zero-order chi connectivity index (χ0) is 14.2. The number of halogens is 1. The van der Waals surface area contributed by atoms with Crippen molar-refractivity contribution in [2.75, 3.05) is 11.9 Å². The van der Waals surface area contributed by atoms with E-state index in [0.717, 1.165) is 0 Å². The van der Waals surface area contributed by atoms with Gasteiger partial charge in [-0.3, -0.25) is 9.69 Å². The predicted molar refractivity (Wildman–Crippen MR) is 70.4 cm³/mol. The van der Waals surface area contributed by atoms with Gasteiger partial charge in [-0.25, -0.2) is 9.78 Å². The van der Waals surface area contributed by atoms with Crippen molar-refractivity contribution in [2.24, 2.45) is 0 Å². The molecule has 0 aromatic carbocycles. The number of carboxylic acid groups (broad SMARTS) is 1. The zero-order valence-corrected chi connectivity index (χ0v) is 11.8. The van der Waals surface area contributed by atoms with E-state index in [-0.39, 0.29) is 0 Å². The largest absolute Gasteiger partial charge is 0.484 e. The molecule has 0 spiro atoms. The Morgan fingerprint density at radius 1 is 1.63 bits per heavy atom. The Bertz CT molecular complexity index is 537. The molecule has 7 nitrogen and oxygen atoms in total. The molecule has 1 aromatic heterocycles. The molecule has 0 bridgehead atoms. The van der Waals surface area contributed by atoms with Gasteiger partial charge in [0.2, 0.25) is 0 Å². The van der Waals surface area contributed by atoms with Crippen molar-refractivity contribution < 1.29 is 19.4 Å². The van der Waals surface area contributed by atoms with Crippen molar-refractivity contribution in [1.29, 1.82) is 0 Å². The molecule has 102 valence electrons. The van der Waals surface area contributed by atoms with Crippen LogP contribution in [0.3, 0.4) is 0 Å². The number of likely N-dealkylation sites (N-methyl/N-ethyl adjacent to an activating group) is 1. The molecule has 2 rings (SSSR count). The van der Waals surface area contributed by atoms with Crippen molar-refractivity contribution in [2.45, 2.75) is 19.1 Å². The third-order valence-electron chi connectivity index (χ3n) is 2.78. The number of ether oxygens (including phenoxy) is 1. The van der Waals surface area contributed by atoms with Crippen molar-refractivity contribution >= 4 is 33.7 Å². The van der Waals surface area contributed by atoms with Gasteiger partial charge in [0.15, 0.2) is 11.6 Å². The normalized spacial score (nSPS) is 22.3. The summed E-state index contributed by atoms with van der Waals surface area (Å²) in [5.41, 5.74) is 0. The fourth-order valence-electron chi connectivity index (χ4n) is 1.85. The summed E-state index contributed by atoms with van der Waals surface area (Å²) in [4.78, 5) is 28.4. The SMILES string of the molecule is C[C@H]1Oc2cc(Br)cnc2N(C)C(=O)[C@H]1NC(=O)O. The monoisotopic (exact) mass is 329 g/mol. The molecule has 2 atom stereocenters. The minimum Gasteiger partial charge on any atom is -0.484 e. The average Bonchev–Trinajstić information content (AvgIpc) is 2.40.